The molecule has 42 heavy (non-hydrogen) atoms. The van der Waals surface area contributed by atoms with Gasteiger partial charge in [-0.25, -0.2) is 18.3 Å². The predicted molar refractivity (Wildman–Crippen MR) is 163 cm³/mol. The van der Waals surface area contributed by atoms with Gasteiger partial charge >= 0.3 is 0 Å². The van der Waals surface area contributed by atoms with Gasteiger partial charge in [0.2, 0.25) is 11.9 Å². The largest absolute Gasteiger partial charge is 0.340 e. The van der Waals surface area contributed by atoms with E-state index in [-0.39, 0.29) is 74.0 Å². The highest BCUT2D eigenvalue weighted by Gasteiger charge is 2.52. The van der Waals surface area contributed by atoms with Crippen LogP contribution in [-0.4, -0.2) is 71.0 Å². The number of hydrogen-bond acceptors (Lipinski definition) is 6. The maximum Gasteiger partial charge on any atom is 0.260 e. The highest BCUT2D eigenvalue weighted by atomic mass is 79.9. The number of carbonyl (C=O) groups is 3. The highest BCUT2D eigenvalue weighted by molar-refractivity contribution is 9.10. The second-order valence-corrected chi connectivity index (χ2v) is 14.2. The number of carbonyl (C=O) groups excluding carboxylic acids is 3. The maximum atomic E-state index is 14.2. The minimum Gasteiger partial charge on any atom is -0.340 e. The van der Waals surface area contributed by atoms with Crippen LogP contribution in [0.25, 0.3) is 0 Å². The highest BCUT2D eigenvalue weighted by Crippen LogP contribution is 2.45. The minimum atomic E-state index is -4.13. The molecule has 2 aromatic carbocycles. The molecule has 10 nitrogen and oxygen atoms in total. The van der Waals surface area contributed by atoms with Crippen LogP contribution in [0.1, 0.15) is 32.3 Å². The molecule has 2 aliphatic rings. The van der Waals surface area contributed by atoms with Crippen LogP contribution in [0.3, 0.4) is 0 Å². The molecule has 3 aromatic rings. The van der Waals surface area contributed by atoms with Crippen molar-refractivity contribution in [1.82, 2.24) is 18.8 Å². The SMILES string of the molecule is CC(=O)CCC(=O)N1CCN(S(=O)(=O)c2cnc3n2[C@](C)(Cc2ccc(Br)cc2)C(=O)N3c2cc(Cl)cc(Cl)c2)CC1. The molecule has 0 N–H and O–H groups in total. The zero-order valence-electron chi connectivity index (χ0n) is 22.9. The van der Waals surface area contributed by atoms with Gasteiger partial charge in [0.25, 0.3) is 15.9 Å². The number of halogens is 3. The van der Waals surface area contributed by atoms with Crippen LogP contribution in [-0.2, 0) is 36.4 Å². The Bertz CT molecular complexity index is 1650. The second-order valence-electron chi connectivity index (χ2n) is 10.6. The van der Waals surface area contributed by atoms with Gasteiger partial charge < -0.3 is 9.69 Å². The van der Waals surface area contributed by atoms with Crippen LogP contribution in [0.5, 0.6) is 0 Å². The van der Waals surface area contributed by atoms with Gasteiger partial charge in [0.1, 0.15) is 11.3 Å². The van der Waals surface area contributed by atoms with E-state index in [1.807, 2.05) is 24.3 Å². The molecule has 5 rings (SSSR count). The van der Waals surface area contributed by atoms with Crippen molar-refractivity contribution in [2.24, 2.45) is 0 Å². The van der Waals surface area contributed by atoms with E-state index in [0.717, 1.165) is 10.0 Å². The smallest absolute Gasteiger partial charge is 0.260 e. The molecule has 1 atom stereocenters. The van der Waals surface area contributed by atoms with Crippen LogP contribution >= 0.6 is 39.1 Å². The summed E-state index contributed by atoms with van der Waals surface area (Å²) in [5.74, 6) is -0.510. The predicted octanol–water partition coefficient (Wildman–Crippen LogP) is 4.79. The van der Waals surface area contributed by atoms with Gasteiger partial charge in [0.15, 0.2) is 5.03 Å². The van der Waals surface area contributed by atoms with Crippen molar-refractivity contribution >= 4 is 78.4 Å². The van der Waals surface area contributed by atoms with E-state index in [9.17, 15) is 22.8 Å². The Balaban J connectivity index is 1.52. The molecule has 0 bridgehead atoms. The fraction of sp³-hybridized carbons (Fsp3) is 0.357. The van der Waals surface area contributed by atoms with Crippen molar-refractivity contribution < 1.29 is 22.8 Å². The molecule has 1 fully saturated rings. The second kappa shape index (κ2) is 11.7. The number of benzene rings is 2. The number of Topliss-reactive ketones (excluding diaryl/α,β-unsaturated/α-hetero) is 1. The molecule has 3 heterocycles. The summed E-state index contributed by atoms with van der Waals surface area (Å²) in [4.78, 5) is 45.4. The number of anilines is 2. The Morgan fingerprint density at radius 2 is 1.62 bits per heavy atom. The molecule has 0 spiro atoms. The van der Waals surface area contributed by atoms with E-state index in [0.29, 0.717) is 15.7 Å². The number of sulfonamides is 1. The molecule has 222 valence electrons. The number of piperazine rings is 1. The topological polar surface area (TPSA) is 113 Å². The number of amides is 2. The van der Waals surface area contributed by atoms with Gasteiger partial charge in [-0.3, -0.25) is 14.2 Å². The summed E-state index contributed by atoms with van der Waals surface area (Å²) in [5, 5.41) is 0.499. The summed E-state index contributed by atoms with van der Waals surface area (Å²) in [7, 11) is -4.13. The number of aromatic nitrogens is 2. The van der Waals surface area contributed by atoms with Crippen molar-refractivity contribution in [3.63, 3.8) is 0 Å². The van der Waals surface area contributed by atoms with Crippen LogP contribution in [0.4, 0.5) is 11.6 Å². The molecule has 0 unspecified atom stereocenters. The van der Waals surface area contributed by atoms with Crippen molar-refractivity contribution in [3.05, 3.63) is 68.7 Å². The van der Waals surface area contributed by atoms with E-state index in [2.05, 4.69) is 20.9 Å². The summed E-state index contributed by atoms with van der Waals surface area (Å²) in [6.45, 7) is 3.65. The third kappa shape index (κ3) is 5.74. The standard InChI is InChI=1S/C28H28BrCl2N5O5S/c1-18(37)3-8-24(38)33-9-11-34(12-10-33)42(40,41)25-17-32-27-35(23-14-21(30)13-22(31)15-23)26(39)28(2,36(25)27)16-19-4-6-20(29)7-5-19/h4-7,13-15,17H,3,8-12,16H2,1-2H3/t28-/m1/s1. The van der Waals surface area contributed by atoms with Crippen molar-refractivity contribution in [2.75, 3.05) is 31.1 Å². The lowest BCUT2D eigenvalue weighted by molar-refractivity contribution is -0.134. The van der Waals surface area contributed by atoms with Crippen LogP contribution in [0.2, 0.25) is 10.0 Å². The van der Waals surface area contributed by atoms with Gasteiger partial charge in [-0.05, 0) is 49.7 Å². The molecule has 1 saturated heterocycles. The Morgan fingerprint density at radius 3 is 2.21 bits per heavy atom. The van der Waals surface area contributed by atoms with E-state index >= 15 is 0 Å². The fourth-order valence-corrected chi connectivity index (χ4v) is 7.75. The number of hydrogen-bond donors (Lipinski definition) is 0. The molecule has 2 aliphatic heterocycles. The molecular formula is C28H28BrCl2N5O5S. The van der Waals surface area contributed by atoms with Gasteiger partial charge in [-0.2, -0.15) is 4.31 Å². The van der Waals surface area contributed by atoms with E-state index in [4.69, 9.17) is 23.2 Å². The summed E-state index contributed by atoms with van der Waals surface area (Å²) >= 11 is 16.0. The first-order valence-corrected chi connectivity index (χ1v) is 16.2. The molecular weight excluding hydrogens is 669 g/mol. The number of fused-ring (bicyclic) bond motifs is 1. The van der Waals surface area contributed by atoms with Crippen molar-refractivity contribution in [3.8, 4) is 0 Å². The molecule has 14 heteroatoms. The number of rotatable bonds is 8. The Labute approximate surface area is 262 Å². The van der Waals surface area contributed by atoms with E-state index < -0.39 is 15.6 Å². The van der Waals surface area contributed by atoms with Gasteiger partial charge in [-0.15, -0.1) is 0 Å². The quantitative estimate of drug-likeness (QED) is 0.335. The average molecular weight is 697 g/mol. The third-order valence-corrected chi connectivity index (χ3v) is 10.3. The molecule has 0 radical (unpaired) electrons. The summed E-state index contributed by atoms with van der Waals surface area (Å²) in [6.07, 6.45) is 1.70. The molecule has 0 aliphatic carbocycles. The molecule has 0 saturated carbocycles. The third-order valence-electron chi connectivity index (χ3n) is 7.52. The Morgan fingerprint density at radius 1 is 1.00 bits per heavy atom. The van der Waals surface area contributed by atoms with Crippen molar-refractivity contribution in [2.45, 2.75) is 43.7 Å². The fourth-order valence-electron chi connectivity index (χ4n) is 5.36. The summed E-state index contributed by atoms with van der Waals surface area (Å²) in [6, 6.07) is 12.1. The molecule has 2 amide bonds. The van der Waals surface area contributed by atoms with Crippen LogP contribution in [0, 0.1) is 0 Å². The lowest BCUT2D eigenvalue weighted by atomic mass is 9.92. The summed E-state index contributed by atoms with van der Waals surface area (Å²) < 4.78 is 31.8. The van der Waals surface area contributed by atoms with Crippen LogP contribution in [0.15, 0.2) is 58.2 Å². The van der Waals surface area contributed by atoms with E-state index in [1.54, 1.807) is 30.0 Å². The lowest BCUT2D eigenvalue weighted by Crippen LogP contribution is -2.51. The first-order valence-electron chi connectivity index (χ1n) is 13.2. The number of ketones is 1. The Kier molecular flexibility index (Phi) is 8.56. The zero-order valence-corrected chi connectivity index (χ0v) is 26.8. The van der Waals surface area contributed by atoms with Gasteiger partial charge in [0.05, 0.1) is 11.9 Å². The summed E-state index contributed by atoms with van der Waals surface area (Å²) in [5.41, 5.74) is -0.173. The van der Waals surface area contributed by atoms with E-state index in [1.165, 1.54) is 26.9 Å². The monoisotopic (exact) mass is 695 g/mol. The first kappa shape index (κ1) is 30.7. The number of imidazole rings is 1. The number of nitrogens with zero attached hydrogens (tertiary/aromatic N) is 5. The van der Waals surface area contributed by atoms with Gasteiger partial charge in [-0.1, -0.05) is 51.3 Å². The Hall–Kier alpha value is -2.77. The van der Waals surface area contributed by atoms with Gasteiger partial charge in [0, 0.05) is 60.0 Å². The lowest BCUT2D eigenvalue weighted by Gasteiger charge is -2.34. The molecule has 1 aromatic heterocycles. The zero-order chi connectivity index (χ0) is 30.4. The van der Waals surface area contributed by atoms with Crippen molar-refractivity contribution in [1.29, 1.82) is 0 Å². The normalized spacial score (nSPS) is 19.3. The minimum absolute atomic E-state index is 0.0691. The maximum absolute atomic E-state index is 14.2. The van der Waals surface area contributed by atoms with Crippen LogP contribution < -0.4 is 4.90 Å². The average Bonchev–Trinajstić information content (AvgIpc) is 3.46. The first-order chi connectivity index (χ1) is 19.8.